The van der Waals surface area contributed by atoms with Gasteiger partial charge in [-0.2, -0.15) is 0 Å². The molecule has 0 unspecified atom stereocenters. The minimum absolute atomic E-state index is 0.0376. The van der Waals surface area contributed by atoms with Crippen LogP contribution in [0.4, 0.5) is 9.59 Å². The fourth-order valence-electron chi connectivity index (χ4n) is 3.05. The van der Waals surface area contributed by atoms with Crippen molar-refractivity contribution < 1.29 is 38.5 Å². The van der Waals surface area contributed by atoms with Crippen molar-refractivity contribution >= 4 is 24.1 Å². The van der Waals surface area contributed by atoms with E-state index in [1.54, 1.807) is 12.1 Å². The van der Waals surface area contributed by atoms with Crippen molar-refractivity contribution in [2.75, 3.05) is 13.3 Å². The van der Waals surface area contributed by atoms with Crippen molar-refractivity contribution in [3.05, 3.63) is 65.7 Å². The second-order valence-corrected chi connectivity index (χ2v) is 6.94. The van der Waals surface area contributed by atoms with Crippen molar-refractivity contribution in [3.63, 3.8) is 0 Å². The quantitative estimate of drug-likeness (QED) is 0.596. The number of ether oxygens (including phenoxy) is 3. The fourth-order valence-corrected chi connectivity index (χ4v) is 3.05. The molecule has 1 heterocycles. The Labute approximate surface area is 183 Å². The van der Waals surface area contributed by atoms with Crippen LogP contribution in [0.25, 0.3) is 0 Å². The second kappa shape index (κ2) is 10.8. The van der Waals surface area contributed by atoms with Gasteiger partial charge < -0.3 is 24.6 Å². The topological polar surface area (TPSA) is 131 Å². The molecule has 1 saturated heterocycles. The molecular formula is C22H22N2O8. The maximum absolute atomic E-state index is 12.3. The van der Waals surface area contributed by atoms with Crippen LogP contribution in [0.1, 0.15) is 17.5 Å². The number of amides is 2. The van der Waals surface area contributed by atoms with E-state index in [1.165, 1.54) is 12.1 Å². The molecule has 0 bridgehead atoms. The Morgan fingerprint density at radius 3 is 2.59 bits per heavy atom. The SMILES string of the molecule is O=C(O)Cc1cccc(OC(=O)NCC[C@H]2C(=O)OCN2C(=O)OCc2ccccc2)c1. The average molecular weight is 442 g/mol. The summed E-state index contributed by atoms with van der Waals surface area (Å²) in [5.41, 5.74) is 1.29. The van der Waals surface area contributed by atoms with Gasteiger partial charge in [-0.3, -0.25) is 9.69 Å². The highest BCUT2D eigenvalue weighted by Gasteiger charge is 2.38. The minimum atomic E-state index is -0.998. The lowest BCUT2D eigenvalue weighted by Gasteiger charge is -2.19. The molecule has 0 spiro atoms. The monoisotopic (exact) mass is 442 g/mol. The molecule has 32 heavy (non-hydrogen) atoms. The molecule has 2 amide bonds. The summed E-state index contributed by atoms with van der Waals surface area (Å²) in [6.07, 6.45) is -1.56. The van der Waals surface area contributed by atoms with Crippen molar-refractivity contribution in [1.29, 1.82) is 0 Å². The third kappa shape index (κ3) is 6.46. The molecule has 168 valence electrons. The van der Waals surface area contributed by atoms with Crippen LogP contribution in [0.15, 0.2) is 54.6 Å². The largest absolute Gasteiger partial charge is 0.481 e. The second-order valence-electron chi connectivity index (χ2n) is 6.94. The number of benzene rings is 2. The van der Waals surface area contributed by atoms with Crippen molar-refractivity contribution in [2.45, 2.75) is 25.5 Å². The number of carbonyl (C=O) groups is 4. The van der Waals surface area contributed by atoms with Crippen LogP contribution in [0.3, 0.4) is 0 Å². The number of aliphatic carboxylic acids is 1. The van der Waals surface area contributed by atoms with Gasteiger partial charge in [0, 0.05) is 6.54 Å². The summed E-state index contributed by atoms with van der Waals surface area (Å²) in [6, 6.07) is 14.4. The first-order valence-corrected chi connectivity index (χ1v) is 9.83. The van der Waals surface area contributed by atoms with E-state index in [-0.39, 0.29) is 38.5 Å². The number of carboxylic acids is 1. The van der Waals surface area contributed by atoms with Crippen molar-refractivity contribution in [1.82, 2.24) is 10.2 Å². The third-order valence-corrected chi connectivity index (χ3v) is 4.59. The predicted molar refractivity (Wildman–Crippen MR) is 110 cm³/mol. The molecular weight excluding hydrogens is 420 g/mol. The number of hydrogen-bond acceptors (Lipinski definition) is 7. The maximum Gasteiger partial charge on any atom is 0.413 e. The fraction of sp³-hybridized carbons (Fsp3) is 0.273. The first-order valence-electron chi connectivity index (χ1n) is 9.83. The highest BCUT2D eigenvalue weighted by Crippen LogP contribution is 2.17. The summed E-state index contributed by atoms with van der Waals surface area (Å²) in [5, 5.41) is 11.3. The third-order valence-electron chi connectivity index (χ3n) is 4.59. The van der Waals surface area contributed by atoms with E-state index < -0.39 is 30.2 Å². The lowest BCUT2D eigenvalue weighted by atomic mass is 10.1. The summed E-state index contributed by atoms with van der Waals surface area (Å²) in [5.74, 6) is -1.40. The molecule has 0 radical (unpaired) electrons. The molecule has 2 aromatic rings. The molecule has 1 aliphatic heterocycles. The molecule has 10 nitrogen and oxygen atoms in total. The van der Waals surface area contributed by atoms with Crippen LogP contribution >= 0.6 is 0 Å². The molecule has 2 N–H and O–H groups in total. The van der Waals surface area contributed by atoms with Crippen molar-refractivity contribution in [2.24, 2.45) is 0 Å². The number of carbonyl (C=O) groups excluding carboxylic acids is 3. The normalized spacial score (nSPS) is 15.1. The Morgan fingerprint density at radius 2 is 1.84 bits per heavy atom. The first-order chi connectivity index (χ1) is 15.4. The number of hydrogen-bond donors (Lipinski definition) is 2. The zero-order chi connectivity index (χ0) is 22.9. The van der Waals surface area contributed by atoms with Crippen molar-refractivity contribution in [3.8, 4) is 5.75 Å². The Bertz CT molecular complexity index is 979. The van der Waals surface area contributed by atoms with E-state index in [1.807, 2.05) is 30.3 Å². The van der Waals surface area contributed by atoms with Crippen LogP contribution in [0.5, 0.6) is 5.75 Å². The lowest BCUT2D eigenvalue weighted by Crippen LogP contribution is -2.41. The Kier molecular flexibility index (Phi) is 7.63. The molecule has 2 aromatic carbocycles. The molecule has 0 aromatic heterocycles. The first kappa shape index (κ1) is 22.6. The molecule has 10 heteroatoms. The number of rotatable bonds is 8. The van der Waals surface area contributed by atoms with Gasteiger partial charge in [-0.25, -0.2) is 14.4 Å². The Balaban J connectivity index is 1.46. The number of nitrogens with zero attached hydrogens (tertiary/aromatic N) is 1. The molecule has 3 rings (SSSR count). The highest BCUT2D eigenvalue weighted by molar-refractivity contribution is 5.84. The van der Waals surface area contributed by atoms with E-state index in [0.29, 0.717) is 5.56 Å². The minimum Gasteiger partial charge on any atom is -0.481 e. The van der Waals surface area contributed by atoms with Gasteiger partial charge in [-0.05, 0) is 29.7 Å². The van der Waals surface area contributed by atoms with Crippen LogP contribution in [-0.2, 0) is 32.1 Å². The number of cyclic esters (lactones) is 1. The van der Waals surface area contributed by atoms with Gasteiger partial charge in [-0.1, -0.05) is 42.5 Å². The van der Waals surface area contributed by atoms with Gasteiger partial charge >= 0.3 is 24.1 Å². The van der Waals surface area contributed by atoms with Gasteiger partial charge in [0.05, 0.1) is 6.42 Å². The van der Waals surface area contributed by atoms with E-state index >= 15 is 0 Å². The number of nitrogens with one attached hydrogen (secondary N) is 1. The van der Waals surface area contributed by atoms with Gasteiger partial charge in [0.1, 0.15) is 18.4 Å². The number of esters is 1. The molecule has 1 atom stereocenters. The van der Waals surface area contributed by atoms with Gasteiger partial charge in [0.2, 0.25) is 0 Å². The summed E-state index contributed by atoms with van der Waals surface area (Å²) in [7, 11) is 0. The van der Waals surface area contributed by atoms with Gasteiger partial charge in [0.25, 0.3) is 0 Å². The molecule has 1 fully saturated rings. The lowest BCUT2D eigenvalue weighted by molar-refractivity contribution is -0.139. The van der Waals surface area contributed by atoms with Crippen LogP contribution in [-0.4, -0.2) is 53.4 Å². The predicted octanol–water partition coefficient (Wildman–Crippen LogP) is 2.31. The summed E-state index contributed by atoms with van der Waals surface area (Å²) < 4.78 is 15.3. The Hall–Kier alpha value is -4.08. The number of carboxylic acid groups (broad SMARTS) is 1. The van der Waals surface area contributed by atoms with Crippen LogP contribution in [0, 0.1) is 0 Å². The zero-order valence-electron chi connectivity index (χ0n) is 17.1. The van der Waals surface area contributed by atoms with Crippen LogP contribution < -0.4 is 10.1 Å². The van der Waals surface area contributed by atoms with E-state index in [0.717, 1.165) is 10.5 Å². The molecule has 0 aliphatic carbocycles. The van der Waals surface area contributed by atoms with Gasteiger partial charge in [-0.15, -0.1) is 0 Å². The highest BCUT2D eigenvalue weighted by atomic mass is 16.6. The zero-order valence-corrected chi connectivity index (χ0v) is 17.1. The summed E-state index contributed by atoms with van der Waals surface area (Å²) in [6.45, 7) is -0.129. The van der Waals surface area contributed by atoms with E-state index in [9.17, 15) is 19.2 Å². The smallest absolute Gasteiger partial charge is 0.413 e. The molecule has 0 saturated carbocycles. The summed E-state index contributed by atoms with van der Waals surface area (Å²) >= 11 is 0. The average Bonchev–Trinajstić information content (AvgIpc) is 3.13. The standard InChI is InChI=1S/C22H22N2O8/c25-19(26)12-16-7-4-8-17(11-16)32-21(28)23-10-9-18-20(27)31-14-24(18)22(29)30-13-15-5-2-1-3-6-15/h1-8,11,18H,9-10,12-14H2,(H,23,28)(H,25,26)/t18-/m0/s1. The maximum atomic E-state index is 12.3. The Morgan fingerprint density at radius 1 is 1.09 bits per heavy atom. The van der Waals surface area contributed by atoms with Crippen LogP contribution in [0.2, 0.25) is 0 Å². The van der Waals surface area contributed by atoms with E-state index in [2.05, 4.69) is 5.32 Å². The molecule has 1 aliphatic rings. The summed E-state index contributed by atoms with van der Waals surface area (Å²) in [4.78, 5) is 48.3. The van der Waals surface area contributed by atoms with E-state index in [4.69, 9.17) is 19.3 Å². The van der Waals surface area contributed by atoms with Gasteiger partial charge in [0.15, 0.2) is 6.73 Å².